The summed E-state index contributed by atoms with van der Waals surface area (Å²) in [6.07, 6.45) is 95.3. The number of rotatable bonds is 56. The summed E-state index contributed by atoms with van der Waals surface area (Å²) in [5, 5.41) is 0. The fourth-order valence-electron chi connectivity index (χ4n) is 8.27. The van der Waals surface area contributed by atoms with E-state index in [4.69, 9.17) is 14.2 Å². The minimum atomic E-state index is -0.818. The van der Waals surface area contributed by atoms with E-state index in [9.17, 15) is 14.4 Å². The van der Waals surface area contributed by atoms with Crippen LogP contribution in [-0.4, -0.2) is 37.2 Å². The molecule has 1 atom stereocenters. The predicted molar refractivity (Wildman–Crippen MR) is 343 cm³/mol. The van der Waals surface area contributed by atoms with Crippen molar-refractivity contribution in [2.45, 2.75) is 271 Å². The van der Waals surface area contributed by atoms with Crippen molar-refractivity contribution in [1.82, 2.24) is 0 Å². The SMILES string of the molecule is CC/C=C\C/C=C\C/C=C\C/C=C\C/C=C\C/C=C\CCCCCCCCC(=O)OCC(COC(=O)CCCC/C=C\C/C=C\C/C=C\C/C=C\CC)OC(=O)CCCCCCCC/C=C\C/C=C\C/C=C\CCCCCCC. The molecule has 0 bridgehead atoms. The number of hydrogen-bond donors (Lipinski definition) is 0. The van der Waals surface area contributed by atoms with Gasteiger partial charge in [-0.15, -0.1) is 0 Å². The molecule has 6 nitrogen and oxygen atoms in total. The van der Waals surface area contributed by atoms with Gasteiger partial charge in [0.2, 0.25) is 0 Å². The van der Waals surface area contributed by atoms with Gasteiger partial charge in [-0.2, -0.15) is 0 Å². The van der Waals surface area contributed by atoms with Gasteiger partial charge < -0.3 is 14.2 Å². The molecule has 6 heteroatoms. The molecule has 0 aliphatic rings. The Hall–Kier alpha value is -4.97. The minimum absolute atomic E-state index is 0.111. The molecule has 0 aromatic heterocycles. The molecule has 0 amide bonds. The van der Waals surface area contributed by atoms with Crippen LogP contribution in [0.4, 0.5) is 0 Å². The number of ether oxygens (including phenoxy) is 3. The third-order valence-electron chi connectivity index (χ3n) is 13.0. The van der Waals surface area contributed by atoms with Crippen LogP contribution in [0, 0.1) is 0 Å². The highest BCUT2D eigenvalue weighted by atomic mass is 16.6. The average Bonchev–Trinajstić information content (AvgIpc) is 3.45. The zero-order chi connectivity index (χ0) is 57.1. The monoisotopic (exact) mass is 1090 g/mol. The Bertz CT molecular complexity index is 1780. The van der Waals surface area contributed by atoms with Crippen LogP contribution < -0.4 is 0 Å². The standard InChI is InChI=1S/C73H116O6/c1-4-7-10-13-16-19-22-25-28-30-32-34-35-36-37-39-40-42-45-48-51-54-57-60-63-66-72(75)78-69-70(68-77-71(74)65-62-59-56-53-50-47-44-27-24-21-18-15-12-9-6-3)79-73(76)67-64-61-58-55-52-49-46-43-41-38-33-31-29-26-23-20-17-14-11-8-5-2/h7,9-10,12,16,18-19,21,23,25-28,31-34,36-37,40-44,50,53,70H,4-6,8,11,13-15,17,20,22,24,29-30,35,38-39,45-49,51-52,54-69H2,1-3H3/b10-7-,12-9-,19-16-,21-18-,26-23-,28-25-,33-31-,34-32-,37-36-,42-40-,43-41-,44-27-,53-50-. The lowest BCUT2D eigenvalue weighted by atomic mass is 10.1. The molecule has 0 radical (unpaired) electrons. The largest absolute Gasteiger partial charge is 0.462 e. The van der Waals surface area contributed by atoms with Gasteiger partial charge in [0, 0.05) is 19.3 Å². The molecule has 1 unspecified atom stereocenters. The molecule has 0 spiro atoms. The van der Waals surface area contributed by atoms with Gasteiger partial charge in [-0.3, -0.25) is 14.4 Å². The molecule has 0 rings (SSSR count). The summed E-state index contributed by atoms with van der Waals surface area (Å²) in [6.45, 7) is 6.34. The molecule has 79 heavy (non-hydrogen) atoms. The molecule has 0 aromatic rings. The maximum atomic E-state index is 12.9. The molecule has 0 N–H and O–H groups in total. The van der Waals surface area contributed by atoms with Crippen LogP contribution in [-0.2, 0) is 28.6 Å². The average molecular weight is 1090 g/mol. The van der Waals surface area contributed by atoms with Gasteiger partial charge in [0.15, 0.2) is 6.10 Å². The van der Waals surface area contributed by atoms with Gasteiger partial charge in [0.25, 0.3) is 0 Å². The molecule has 0 aromatic carbocycles. The first-order valence-corrected chi connectivity index (χ1v) is 32.0. The highest BCUT2D eigenvalue weighted by Gasteiger charge is 2.19. The summed E-state index contributed by atoms with van der Waals surface area (Å²) in [6, 6.07) is 0. The van der Waals surface area contributed by atoms with Gasteiger partial charge in [-0.25, -0.2) is 0 Å². The number of hydrogen-bond acceptors (Lipinski definition) is 6. The molecule has 0 saturated carbocycles. The molecule has 0 aliphatic carbocycles. The summed E-state index contributed by atoms with van der Waals surface area (Å²) in [5.41, 5.74) is 0. The highest BCUT2D eigenvalue weighted by molar-refractivity contribution is 5.71. The normalized spacial score (nSPS) is 13.2. The zero-order valence-electron chi connectivity index (χ0n) is 50.8. The number of carbonyl (C=O) groups excluding carboxylic acids is 3. The number of esters is 3. The van der Waals surface area contributed by atoms with E-state index in [1.807, 2.05) is 0 Å². The van der Waals surface area contributed by atoms with E-state index in [0.29, 0.717) is 25.7 Å². The minimum Gasteiger partial charge on any atom is -0.462 e. The highest BCUT2D eigenvalue weighted by Crippen LogP contribution is 2.14. The summed E-state index contributed by atoms with van der Waals surface area (Å²) in [5.74, 6) is -0.983. The first-order chi connectivity index (χ1) is 39.0. The van der Waals surface area contributed by atoms with E-state index >= 15 is 0 Å². The summed E-state index contributed by atoms with van der Waals surface area (Å²) < 4.78 is 16.9. The molecule has 0 aliphatic heterocycles. The molecule has 0 saturated heterocycles. The van der Waals surface area contributed by atoms with E-state index in [1.165, 1.54) is 64.2 Å². The van der Waals surface area contributed by atoms with Crippen LogP contribution in [0.3, 0.4) is 0 Å². The van der Waals surface area contributed by atoms with Gasteiger partial charge in [0.05, 0.1) is 0 Å². The summed E-state index contributed by atoms with van der Waals surface area (Å²) in [4.78, 5) is 38.3. The molecule has 444 valence electrons. The maximum Gasteiger partial charge on any atom is 0.306 e. The molecular weight excluding hydrogens is 973 g/mol. The van der Waals surface area contributed by atoms with Crippen molar-refractivity contribution in [2.24, 2.45) is 0 Å². The lowest BCUT2D eigenvalue weighted by molar-refractivity contribution is -0.167. The van der Waals surface area contributed by atoms with Crippen LogP contribution >= 0.6 is 0 Å². The van der Waals surface area contributed by atoms with Gasteiger partial charge in [-0.05, 0) is 148 Å². The van der Waals surface area contributed by atoms with Crippen LogP contribution in [0.15, 0.2) is 158 Å². The fourth-order valence-corrected chi connectivity index (χ4v) is 8.27. The Morgan fingerprint density at radius 3 is 0.797 bits per heavy atom. The smallest absolute Gasteiger partial charge is 0.306 e. The van der Waals surface area contributed by atoms with E-state index < -0.39 is 6.10 Å². The summed E-state index contributed by atoms with van der Waals surface area (Å²) >= 11 is 0. The Kier molecular flexibility index (Phi) is 61.4. The first-order valence-electron chi connectivity index (χ1n) is 32.0. The molecular formula is C73H116O6. The van der Waals surface area contributed by atoms with Gasteiger partial charge in [-0.1, -0.05) is 256 Å². The number of unbranched alkanes of at least 4 members (excludes halogenated alkanes) is 19. The van der Waals surface area contributed by atoms with Crippen molar-refractivity contribution in [3.05, 3.63) is 158 Å². The van der Waals surface area contributed by atoms with Crippen molar-refractivity contribution < 1.29 is 28.6 Å². The lowest BCUT2D eigenvalue weighted by Crippen LogP contribution is -2.30. The third-order valence-corrected chi connectivity index (χ3v) is 13.0. The second-order valence-corrected chi connectivity index (χ2v) is 20.5. The number of carbonyl (C=O) groups is 3. The van der Waals surface area contributed by atoms with Crippen molar-refractivity contribution in [1.29, 1.82) is 0 Å². The third kappa shape index (κ3) is 63.7. The van der Waals surface area contributed by atoms with Crippen molar-refractivity contribution in [3.63, 3.8) is 0 Å². The van der Waals surface area contributed by atoms with E-state index in [-0.39, 0.29) is 31.1 Å². The topological polar surface area (TPSA) is 78.9 Å². The quantitative estimate of drug-likeness (QED) is 0.0261. The number of allylic oxidation sites excluding steroid dienone is 26. The predicted octanol–water partition coefficient (Wildman–Crippen LogP) is 22.1. The van der Waals surface area contributed by atoms with Crippen molar-refractivity contribution >= 4 is 17.9 Å². The lowest BCUT2D eigenvalue weighted by Gasteiger charge is -2.18. The van der Waals surface area contributed by atoms with Crippen LogP contribution in [0.25, 0.3) is 0 Å². The van der Waals surface area contributed by atoms with Gasteiger partial charge in [0.1, 0.15) is 13.2 Å². The molecule has 0 heterocycles. The first kappa shape index (κ1) is 74.0. The second-order valence-electron chi connectivity index (χ2n) is 20.5. The Morgan fingerprint density at radius 1 is 0.266 bits per heavy atom. The summed E-state index contributed by atoms with van der Waals surface area (Å²) in [7, 11) is 0. The van der Waals surface area contributed by atoms with Crippen molar-refractivity contribution in [3.8, 4) is 0 Å². The Balaban J connectivity index is 4.49. The second kappa shape index (κ2) is 65.5. The fraction of sp³-hybridized carbons (Fsp3) is 0.603. The van der Waals surface area contributed by atoms with E-state index in [2.05, 4.69) is 179 Å². The Labute approximate surface area is 486 Å². The van der Waals surface area contributed by atoms with E-state index in [1.54, 1.807) is 0 Å². The van der Waals surface area contributed by atoms with E-state index in [0.717, 1.165) is 154 Å². The Morgan fingerprint density at radius 2 is 0.494 bits per heavy atom. The van der Waals surface area contributed by atoms with Gasteiger partial charge >= 0.3 is 17.9 Å². The van der Waals surface area contributed by atoms with Crippen LogP contribution in [0.5, 0.6) is 0 Å². The van der Waals surface area contributed by atoms with Crippen LogP contribution in [0.2, 0.25) is 0 Å². The van der Waals surface area contributed by atoms with Crippen molar-refractivity contribution in [2.75, 3.05) is 13.2 Å². The van der Waals surface area contributed by atoms with Crippen LogP contribution in [0.1, 0.15) is 265 Å². The zero-order valence-corrected chi connectivity index (χ0v) is 50.8. The maximum absolute atomic E-state index is 12.9. The molecule has 0 fully saturated rings.